The van der Waals surface area contributed by atoms with Crippen LogP contribution in [0, 0.1) is 0 Å². The topological polar surface area (TPSA) is 107 Å². The van der Waals surface area contributed by atoms with E-state index in [0.717, 1.165) is 0 Å². The van der Waals surface area contributed by atoms with E-state index in [2.05, 4.69) is 20.5 Å². The van der Waals surface area contributed by atoms with Gasteiger partial charge in [0.1, 0.15) is 17.2 Å². The molecule has 0 radical (unpaired) electrons. The quantitative estimate of drug-likeness (QED) is 0.583. The summed E-state index contributed by atoms with van der Waals surface area (Å²) in [4.78, 5) is 31.1. The molecule has 2 fully saturated rings. The lowest BCUT2D eigenvalue weighted by Gasteiger charge is -2.27. The van der Waals surface area contributed by atoms with Crippen LogP contribution in [0.2, 0.25) is 0 Å². The highest BCUT2D eigenvalue weighted by Gasteiger charge is 2.27. The Morgan fingerprint density at radius 1 is 1.20 bits per heavy atom. The van der Waals surface area contributed by atoms with Crippen molar-refractivity contribution in [1.82, 2.24) is 24.4 Å². The zero-order valence-electron chi connectivity index (χ0n) is 19.8. The van der Waals surface area contributed by atoms with E-state index in [4.69, 9.17) is 4.74 Å². The Balaban J connectivity index is 0.00000141. The maximum Gasteiger partial charge on any atom is 0.284 e. The summed E-state index contributed by atoms with van der Waals surface area (Å²) in [5.74, 6) is 0.253. The Hall–Kier alpha value is -3.41. The molecule has 4 heterocycles. The fraction of sp³-hybridized carbons (Fsp3) is 0.522. The smallest absolute Gasteiger partial charge is 0.284 e. The Kier molecular flexibility index (Phi) is 7.69. The Labute approximate surface area is 201 Å². The number of morpholine rings is 1. The monoisotopic (exact) mass is 489 g/mol. The van der Waals surface area contributed by atoms with Gasteiger partial charge in [0.05, 0.1) is 31.1 Å². The number of aromatic nitrogens is 5. The van der Waals surface area contributed by atoms with Gasteiger partial charge in [0.25, 0.3) is 12.3 Å². The fourth-order valence-electron chi connectivity index (χ4n) is 4.22. The van der Waals surface area contributed by atoms with Crippen molar-refractivity contribution < 1.29 is 23.1 Å². The van der Waals surface area contributed by atoms with E-state index in [1.54, 1.807) is 12.3 Å². The lowest BCUT2D eigenvalue weighted by atomic mass is 9.95. The van der Waals surface area contributed by atoms with Crippen molar-refractivity contribution in [2.75, 3.05) is 36.5 Å². The second-order valence-electron chi connectivity index (χ2n) is 8.14. The normalized spacial score (nSPS) is 16.9. The molecule has 0 unspecified atom stereocenters. The Morgan fingerprint density at radius 2 is 1.91 bits per heavy atom. The maximum atomic E-state index is 13.6. The van der Waals surface area contributed by atoms with E-state index in [0.29, 0.717) is 63.5 Å². The van der Waals surface area contributed by atoms with Crippen molar-refractivity contribution in [3.63, 3.8) is 0 Å². The van der Waals surface area contributed by atoms with Gasteiger partial charge in [-0.05, 0) is 18.9 Å². The lowest BCUT2D eigenvalue weighted by Crippen LogP contribution is -2.36. The molecule has 35 heavy (non-hydrogen) atoms. The second kappa shape index (κ2) is 10.9. The van der Waals surface area contributed by atoms with Crippen LogP contribution in [0.4, 0.5) is 20.3 Å². The van der Waals surface area contributed by atoms with Crippen LogP contribution in [0.25, 0.3) is 5.65 Å². The molecule has 12 heteroatoms. The summed E-state index contributed by atoms with van der Waals surface area (Å²) < 4.78 is 35.6. The average Bonchev–Trinajstić information content (AvgIpc) is 3.50. The molecule has 0 spiro atoms. The summed E-state index contributed by atoms with van der Waals surface area (Å²) in [5.41, 5.74) is -0.0658. The van der Waals surface area contributed by atoms with Gasteiger partial charge < -0.3 is 15.0 Å². The molecule has 1 N–H and O–H groups in total. The first-order chi connectivity index (χ1) is 17.0. The van der Waals surface area contributed by atoms with E-state index >= 15 is 0 Å². The summed E-state index contributed by atoms with van der Waals surface area (Å²) >= 11 is 0. The molecule has 1 saturated carbocycles. The van der Waals surface area contributed by atoms with Crippen molar-refractivity contribution in [2.24, 2.45) is 0 Å². The molecule has 1 aliphatic heterocycles. The maximum absolute atomic E-state index is 13.6. The van der Waals surface area contributed by atoms with Gasteiger partial charge in [-0.25, -0.2) is 18.3 Å². The minimum atomic E-state index is -2.86. The van der Waals surface area contributed by atoms with Gasteiger partial charge in [-0.2, -0.15) is 10.2 Å². The first kappa shape index (κ1) is 24.7. The zero-order valence-corrected chi connectivity index (χ0v) is 19.8. The fourth-order valence-corrected chi connectivity index (χ4v) is 4.22. The van der Waals surface area contributed by atoms with E-state index in [9.17, 15) is 18.4 Å². The van der Waals surface area contributed by atoms with Crippen LogP contribution in [0.5, 0.6) is 0 Å². The average molecular weight is 490 g/mol. The van der Waals surface area contributed by atoms with Crippen molar-refractivity contribution in [3.8, 4) is 0 Å². The van der Waals surface area contributed by atoms with Crippen LogP contribution in [0.1, 0.15) is 68.0 Å². The molecule has 3 aromatic rings. The summed E-state index contributed by atoms with van der Waals surface area (Å²) in [5, 5.41) is 10.7. The number of ether oxygens (including phenoxy) is 1. The summed E-state index contributed by atoms with van der Waals surface area (Å²) in [7, 11) is 0. The van der Waals surface area contributed by atoms with E-state index in [1.807, 2.05) is 18.7 Å². The van der Waals surface area contributed by atoms with Crippen molar-refractivity contribution >= 4 is 28.8 Å². The van der Waals surface area contributed by atoms with E-state index in [-0.39, 0.29) is 23.1 Å². The number of nitrogens with zero attached hydrogens (tertiary/aromatic N) is 6. The van der Waals surface area contributed by atoms with Gasteiger partial charge in [-0.3, -0.25) is 14.3 Å². The van der Waals surface area contributed by atoms with Crippen LogP contribution >= 0.6 is 0 Å². The number of anilines is 2. The third kappa shape index (κ3) is 5.31. The number of hydrogen-bond donors (Lipinski definition) is 1. The third-order valence-electron chi connectivity index (χ3n) is 6.04. The van der Waals surface area contributed by atoms with Crippen LogP contribution in [0.15, 0.2) is 24.7 Å². The van der Waals surface area contributed by atoms with Gasteiger partial charge in [0.15, 0.2) is 11.3 Å². The molecule has 188 valence electrons. The molecule has 3 aromatic heterocycles. The van der Waals surface area contributed by atoms with E-state index in [1.165, 1.54) is 21.6 Å². The minimum Gasteiger partial charge on any atom is -0.378 e. The number of amides is 1. The molecule has 5 rings (SSSR count). The number of rotatable bonds is 5. The predicted octanol–water partition coefficient (Wildman–Crippen LogP) is 3.66. The number of halogens is 2. The van der Waals surface area contributed by atoms with Crippen molar-refractivity contribution in [1.29, 1.82) is 0 Å². The summed E-state index contributed by atoms with van der Waals surface area (Å²) in [6.45, 7) is 6.55. The van der Waals surface area contributed by atoms with Gasteiger partial charge in [0, 0.05) is 38.3 Å². The number of carbonyl (C=O) groups is 2. The van der Waals surface area contributed by atoms with Crippen molar-refractivity contribution in [3.05, 3.63) is 35.9 Å². The molecule has 1 aliphatic carbocycles. The van der Waals surface area contributed by atoms with Crippen LogP contribution in [-0.2, 0) is 9.53 Å². The van der Waals surface area contributed by atoms with E-state index < -0.39 is 18.0 Å². The third-order valence-corrected chi connectivity index (χ3v) is 6.04. The standard InChI is InChI=1S/C21H23F2N7O3.C2H6/c22-19(23)18-16(12-30(27-18)13-1-3-14(31)4-2-13)25-21(32)15-11-24-29-6-5-17(26-20(15)29)28-7-9-33-10-8-28;1-2/h5-6,11-13,19H,1-4,7-10H2,(H,25,32);1-2H3. The van der Waals surface area contributed by atoms with Crippen LogP contribution in [0.3, 0.4) is 0 Å². The van der Waals surface area contributed by atoms with Gasteiger partial charge in [-0.15, -0.1) is 0 Å². The summed E-state index contributed by atoms with van der Waals surface area (Å²) in [6, 6.07) is 1.65. The first-order valence-corrected chi connectivity index (χ1v) is 11.9. The SMILES string of the molecule is CC.O=C1CCC(n2cc(NC(=O)c3cnn4ccc(N5CCOCC5)nc34)c(C(F)F)n2)CC1. The predicted molar refractivity (Wildman–Crippen MR) is 125 cm³/mol. The number of Topliss-reactive ketones (excluding diaryl/α,β-unsaturated/α-hetero) is 1. The number of hydrogen-bond acceptors (Lipinski definition) is 7. The van der Waals surface area contributed by atoms with Gasteiger partial charge >= 0.3 is 0 Å². The minimum absolute atomic E-state index is 0.0596. The molecular formula is C23H29F2N7O3. The second-order valence-corrected chi connectivity index (χ2v) is 8.14. The molecule has 0 aromatic carbocycles. The largest absolute Gasteiger partial charge is 0.378 e. The highest BCUT2D eigenvalue weighted by molar-refractivity contribution is 6.08. The molecule has 2 aliphatic rings. The number of alkyl halides is 2. The Morgan fingerprint density at radius 3 is 2.60 bits per heavy atom. The number of nitrogens with one attached hydrogen (secondary N) is 1. The molecule has 0 bridgehead atoms. The number of ketones is 1. The van der Waals surface area contributed by atoms with Crippen molar-refractivity contribution in [2.45, 2.75) is 52.0 Å². The first-order valence-electron chi connectivity index (χ1n) is 11.9. The molecule has 1 saturated heterocycles. The molecule has 1 amide bonds. The highest BCUT2D eigenvalue weighted by Crippen LogP contribution is 2.32. The lowest BCUT2D eigenvalue weighted by molar-refractivity contribution is -0.120. The van der Waals surface area contributed by atoms with Crippen LogP contribution < -0.4 is 10.2 Å². The molecular weight excluding hydrogens is 460 g/mol. The number of carbonyl (C=O) groups excluding carboxylic acids is 2. The Bertz CT molecular complexity index is 1180. The van der Waals surface area contributed by atoms with Crippen LogP contribution in [-0.4, -0.2) is 62.4 Å². The number of fused-ring (bicyclic) bond motifs is 1. The zero-order chi connectivity index (χ0) is 24.9. The summed E-state index contributed by atoms with van der Waals surface area (Å²) in [6.07, 6.45) is 3.50. The highest BCUT2D eigenvalue weighted by atomic mass is 19.3. The molecule has 10 nitrogen and oxygen atoms in total. The van der Waals surface area contributed by atoms with Gasteiger partial charge in [0.2, 0.25) is 0 Å². The van der Waals surface area contributed by atoms with Gasteiger partial charge in [-0.1, -0.05) is 13.8 Å². The molecule has 0 atom stereocenters.